The van der Waals surface area contributed by atoms with Crippen molar-refractivity contribution in [3.8, 4) is 5.75 Å². The van der Waals surface area contributed by atoms with Crippen LogP contribution in [0.4, 0.5) is 23.8 Å². The van der Waals surface area contributed by atoms with Gasteiger partial charge in [-0.15, -0.1) is 23.5 Å². The second-order valence-corrected chi connectivity index (χ2v) is 27.6. The lowest BCUT2D eigenvalue weighted by molar-refractivity contribution is -0.678. The molecular formula is C59H64F2I2N20O15S4. The number of nitrogens with two attached hydrogens (primary N) is 3. The van der Waals surface area contributed by atoms with Gasteiger partial charge in [-0.05, 0) is 84.2 Å². The number of imidazole rings is 2. The molecule has 4 aliphatic rings. The SMILES string of the molecule is CC(C)C[n+]1cccc2c1ncn2CC(N)=O.COc1ccc(COC(=O)C2=C(CI)CSC3C(NC(=O)/C(=N\OCF)c4nsc(NC(=O)OC(C)(C)C)n4)C(=O)N23)cc1.NC(=O)Cn1cnc2c1ccc[n+]2CC1=C(C(=O)[O-])N2C(=O)C(NC(=O)/C(=N\OCF)c3nsc(N)n3)C2SC1.[I-]. The van der Waals surface area contributed by atoms with Crippen molar-refractivity contribution in [1.29, 1.82) is 0 Å². The van der Waals surface area contributed by atoms with E-state index < -0.39 is 101 Å². The number of methoxy groups -OCH3 is 1. The molecule has 4 unspecified atom stereocenters. The van der Waals surface area contributed by atoms with Crippen molar-refractivity contribution >= 4 is 167 Å². The number of carboxylic acids is 1. The number of nitrogen functional groups attached to an aromatic ring is 1. The predicted octanol–water partition coefficient (Wildman–Crippen LogP) is -2.16. The minimum Gasteiger partial charge on any atom is -1.00 e. The highest BCUT2D eigenvalue weighted by Gasteiger charge is 2.56. The third-order valence-corrected chi connectivity index (χ3v) is 19.1. The van der Waals surface area contributed by atoms with Crippen LogP contribution in [-0.2, 0) is 90.3 Å². The van der Waals surface area contributed by atoms with Gasteiger partial charge in [-0.2, -0.15) is 18.7 Å². The molecule has 4 atom stereocenters. The summed E-state index contributed by atoms with van der Waals surface area (Å²) in [6.07, 6.45) is 6.00. The molecular weight excluding hydrogens is 1650 g/mol. The number of carbonyl (C=O) groups is 9. The van der Waals surface area contributed by atoms with Gasteiger partial charge >= 0.3 is 23.4 Å². The molecule has 0 aliphatic carbocycles. The quantitative estimate of drug-likeness (QED) is 0.00675. The van der Waals surface area contributed by atoms with Gasteiger partial charge in [0.25, 0.3) is 37.4 Å². The van der Waals surface area contributed by atoms with E-state index in [-0.39, 0.29) is 95.2 Å². The predicted molar refractivity (Wildman–Crippen MR) is 365 cm³/mol. The van der Waals surface area contributed by atoms with E-state index in [4.69, 9.17) is 31.4 Å². The minimum atomic E-state index is -1.56. The van der Waals surface area contributed by atoms with E-state index in [1.165, 1.54) is 34.8 Å². The lowest BCUT2D eigenvalue weighted by Gasteiger charge is -2.50. The molecule has 9 N–H and O–H groups in total. The van der Waals surface area contributed by atoms with E-state index in [1.807, 2.05) is 18.3 Å². The number of rotatable bonds is 25. The van der Waals surface area contributed by atoms with Gasteiger partial charge in [-0.25, -0.2) is 27.5 Å². The standard InChI is InChI=1S/C26H28FIN6O8S2.C21H19FN10O6S2.C12H16N4O.HI/c1-26(2,3)42-25(38)31-24-30-19(33-44-24)16(32-41-12-27)20(35)29-17-21(36)34-18(14(9-28)11-43-22(17)34)23(37)40-10-13-5-7-15(39-4)8-6-13;22-7-38-28-12(15-27-21(24)40-29-15)17(34)26-13-18(35)32-14(20(36)37)9(6-39-19(13)32)4-30-3-1-2-10-16(30)25-8-31(10)5-11(23)33;1-9(2)6-15-5-3-4-10-12(15)14-8-16(10)7-11(13)17;/h5-8,17,22H,9-12H2,1-4H3,(H,29,35)(H,30,31,33,38);1-3,8,13,19H,4-7H2,(H5-,23,24,26,27,29,33,34,36,37);3-5,8-9H,6-7H2,1-2H3,(H-,13,17);1H/b32-16-;28-12-;;. The van der Waals surface area contributed by atoms with E-state index in [0.29, 0.717) is 38.6 Å². The van der Waals surface area contributed by atoms with Crippen molar-refractivity contribution in [2.24, 2.45) is 27.7 Å². The Morgan fingerprint density at radius 1 is 0.765 bits per heavy atom. The number of nitrogens with zero attached hydrogens (tertiary/aromatic N) is 14. The molecule has 0 spiro atoms. The number of anilines is 2. The second kappa shape index (κ2) is 35.0. The summed E-state index contributed by atoms with van der Waals surface area (Å²) in [5, 5.41) is 25.1. The summed E-state index contributed by atoms with van der Waals surface area (Å²) in [4.78, 5) is 140. The van der Waals surface area contributed by atoms with Crippen LogP contribution in [-0.4, -0.2) is 178 Å². The minimum absolute atomic E-state index is 0. The fourth-order valence-corrected chi connectivity index (χ4v) is 14.9. The fourth-order valence-electron chi connectivity index (χ4n) is 10.2. The van der Waals surface area contributed by atoms with Gasteiger partial charge in [0.15, 0.2) is 5.13 Å². The number of aromatic nitrogens is 10. The normalized spacial score (nSPS) is 17.1. The van der Waals surface area contributed by atoms with Crippen molar-refractivity contribution in [2.45, 2.75) is 95.8 Å². The summed E-state index contributed by atoms with van der Waals surface area (Å²) in [6.45, 7) is 7.73. The molecule has 6 aromatic heterocycles. The number of amides is 7. The number of halogens is 4. The number of pyridine rings is 2. The highest BCUT2D eigenvalue weighted by molar-refractivity contribution is 14.1. The second-order valence-electron chi connectivity index (χ2n) is 23.1. The Bertz CT molecular complexity index is 4470. The average Bonchev–Trinajstić information content (AvgIpc) is 1.08. The van der Waals surface area contributed by atoms with Crippen LogP contribution >= 0.6 is 69.2 Å². The largest absolute Gasteiger partial charge is 1.00 e. The topological polar surface area (TPSA) is 463 Å². The number of ether oxygens (including phenoxy) is 3. The molecule has 542 valence electrons. The Labute approximate surface area is 624 Å². The van der Waals surface area contributed by atoms with Crippen molar-refractivity contribution in [3.63, 3.8) is 0 Å². The van der Waals surface area contributed by atoms with Crippen LogP contribution in [0, 0.1) is 5.92 Å². The summed E-state index contributed by atoms with van der Waals surface area (Å²) in [5.41, 5.74) is 18.8. The first kappa shape index (κ1) is 78.4. The number of nitrogens with one attached hydrogen (secondary N) is 3. The maximum absolute atomic E-state index is 13.3. The molecule has 0 bridgehead atoms. The molecule has 2 fully saturated rings. The molecule has 43 heteroatoms. The lowest BCUT2D eigenvalue weighted by Crippen LogP contribution is -3.00. The highest BCUT2D eigenvalue weighted by Crippen LogP contribution is 2.42. The third-order valence-electron chi connectivity index (χ3n) is 14.4. The summed E-state index contributed by atoms with van der Waals surface area (Å²) in [5.74, 6) is -4.92. The number of hydrogen-bond acceptors (Lipinski definition) is 28. The summed E-state index contributed by atoms with van der Waals surface area (Å²) >= 11 is 6.20. The Hall–Kier alpha value is -9.35. The fraction of sp³-hybridized carbons (Fsp3) is 0.373. The number of esters is 1. The number of aliphatic carboxylic acids is 1. The van der Waals surface area contributed by atoms with Crippen molar-refractivity contribution in [3.05, 3.63) is 113 Å². The van der Waals surface area contributed by atoms with Crippen LogP contribution in [0.5, 0.6) is 5.75 Å². The number of hydrogen-bond donors (Lipinski definition) is 6. The number of carbonyl (C=O) groups excluding carboxylic acids is 9. The molecule has 1 aromatic carbocycles. The number of oxime groups is 2. The summed E-state index contributed by atoms with van der Waals surface area (Å²) in [7, 11) is 1.55. The first-order valence-corrected chi connectivity index (χ1v) is 35.1. The lowest BCUT2D eigenvalue weighted by atomic mass is 10.0. The molecule has 10 heterocycles. The van der Waals surface area contributed by atoms with Crippen LogP contribution in [0.2, 0.25) is 0 Å². The maximum Gasteiger partial charge on any atom is 0.414 e. The Morgan fingerprint density at radius 2 is 1.28 bits per heavy atom. The van der Waals surface area contributed by atoms with Crippen LogP contribution < -0.4 is 76.1 Å². The first-order valence-electron chi connectivity index (χ1n) is 29.9. The molecule has 35 nitrogen and oxygen atoms in total. The van der Waals surface area contributed by atoms with Crippen molar-refractivity contribution in [2.75, 3.05) is 47.8 Å². The van der Waals surface area contributed by atoms with E-state index in [2.05, 4.69) is 106 Å². The third kappa shape index (κ3) is 18.8. The van der Waals surface area contributed by atoms with E-state index in [9.17, 15) is 57.0 Å². The summed E-state index contributed by atoms with van der Waals surface area (Å²) < 4.78 is 56.6. The Balaban J connectivity index is 0.000000210. The number of β-lactam (4-membered cyclic amide) rings is 2. The van der Waals surface area contributed by atoms with Gasteiger partial charge < -0.3 is 85.6 Å². The van der Waals surface area contributed by atoms with Crippen LogP contribution in [0.15, 0.2) is 106 Å². The van der Waals surface area contributed by atoms with E-state index in [0.717, 1.165) is 56.8 Å². The number of benzene rings is 1. The number of primary amides is 2. The maximum atomic E-state index is 13.3. The van der Waals surface area contributed by atoms with Gasteiger partial charge in [-0.1, -0.05) is 58.9 Å². The molecule has 11 rings (SSSR count). The van der Waals surface area contributed by atoms with Gasteiger partial charge in [0.1, 0.15) is 77.2 Å². The average molecular weight is 1710 g/mol. The zero-order chi connectivity index (χ0) is 73.0. The molecule has 0 radical (unpaired) electrons. The van der Waals surface area contributed by atoms with Crippen molar-refractivity contribution in [1.82, 2.24) is 58.3 Å². The number of fused-ring (bicyclic) bond motifs is 4. The zero-order valence-corrected chi connectivity index (χ0v) is 62.2. The zero-order valence-electron chi connectivity index (χ0n) is 54.6. The molecule has 4 aliphatic heterocycles. The van der Waals surface area contributed by atoms with Crippen LogP contribution in [0.1, 0.15) is 51.8 Å². The van der Waals surface area contributed by atoms with Crippen LogP contribution in [0.25, 0.3) is 22.3 Å². The molecule has 7 amide bonds. The highest BCUT2D eigenvalue weighted by atomic mass is 127. The number of thioether (sulfide) groups is 2. The van der Waals surface area contributed by atoms with Crippen LogP contribution in [0.3, 0.4) is 0 Å². The summed E-state index contributed by atoms with van der Waals surface area (Å²) in [6, 6.07) is 12.2. The molecule has 0 saturated carbocycles. The molecule has 7 aromatic rings. The number of alkyl halides is 3. The first-order chi connectivity index (χ1) is 48.2. The van der Waals surface area contributed by atoms with E-state index in [1.54, 1.807) is 90.5 Å². The molecule has 102 heavy (non-hydrogen) atoms. The van der Waals surface area contributed by atoms with Gasteiger partial charge in [0.05, 0.1) is 37.7 Å². The van der Waals surface area contributed by atoms with Crippen molar-refractivity contribution < 1.29 is 114 Å². The van der Waals surface area contributed by atoms with E-state index >= 15 is 0 Å². The smallest absolute Gasteiger partial charge is 0.414 e. The van der Waals surface area contributed by atoms with Gasteiger partial charge in [0.2, 0.25) is 52.7 Å². The monoisotopic (exact) mass is 1710 g/mol. The molecule has 2 saturated heterocycles. The van der Waals surface area contributed by atoms with Gasteiger partial charge in [-0.3, -0.25) is 53.0 Å². The Kier molecular flexibility index (Phi) is 26.9. The Morgan fingerprint density at radius 3 is 1.77 bits per heavy atom. The van der Waals surface area contributed by atoms with Gasteiger partial charge in [0, 0.05) is 44.6 Å². The number of carboxylic acid groups (broad SMARTS) is 1.